The van der Waals surface area contributed by atoms with E-state index in [-0.39, 0.29) is 6.61 Å². The van der Waals surface area contributed by atoms with Crippen molar-refractivity contribution in [3.8, 4) is 0 Å². The Hall–Kier alpha value is -1.79. The molecule has 3 N–H and O–H groups in total. The number of hydrogen-bond acceptors (Lipinski definition) is 5. The molecule has 0 bridgehead atoms. The van der Waals surface area contributed by atoms with Crippen molar-refractivity contribution in [3.63, 3.8) is 0 Å². The molecule has 0 aromatic carbocycles. The number of imidazole rings is 1. The quantitative estimate of drug-likeness (QED) is 0.737. The number of aliphatic hydroxyl groups is 1. The zero-order valence-electron chi connectivity index (χ0n) is 8.69. The van der Waals surface area contributed by atoms with E-state index in [2.05, 4.69) is 15.2 Å². The largest absolute Gasteiger partial charge is 0.394 e. The molecule has 0 saturated heterocycles. The lowest BCUT2D eigenvalue weighted by Crippen LogP contribution is -2.19. The van der Waals surface area contributed by atoms with Crippen molar-refractivity contribution in [2.45, 2.75) is 12.6 Å². The monoisotopic (exact) mass is 219 g/mol. The summed E-state index contributed by atoms with van der Waals surface area (Å²) in [7, 11) is 0. The highest BCUT2D eigenvalue weighted by molar-refractivity contribution is 5.08. The Morgan fingerprint density at radius 1 is 1.50 bits per heavy atom. The van der Waals surface area contributed by atoms with E-state index < -0.39 is 6.04 Å². The molecule has 6 heteroatoms. The summed E-state index contributed by atoms with van der Waals surface area (Å²) in [5.41, 5.74) is 7.36. The van der Waals surface area contributed by atoms with Crippen LogP contribution in [0.5, 0.6) is 0 Å². The fraction of sp³-hybridized carbons (Fsp3) is 0.300. The molecular weight excluding hydrogens is 206 g/mol. The Morgan fingerprint density at radius 2 is 2.38 bits per heavy atom. The molecule has 0 radical (unpaired) electrons. The Morgan fingerprint density at radius 3 is 3.06 bits per heavy atom. The van der Waals surface area contributed by atoms with Crippen LogP contribution in [0.25, 0.3) is 0 Å². The van der Waals surface area contributed by atoms with Gasteiger partial charge >= 0.3 is 0 Å². The van der Waals surface area contributed by atoms with Crippen LogP contribution in [-0.4, -0.2) is 31.5 Å². The summed E-state index contributed by atoms with van der Waals surface area (Å²) in [4.78, 5) is 4.01. The van der Waals surface area contributed by atoms with E-state index in [9.17, 15) is 0 Å². The van der Waals surface area contributed by atoms with Gasteiger partial charge < -0.3 is 15.4 Å². The van der Waals surface area contributed by atoms with Crippen LogP contribution >= 0.6 is 0 Å². The third kappa shape index (κ3) is 2.23. The fourth-order valence-electron chi connectivity index (χ4n) is 1.46. The molecule has 0 saturated carbocycles. The van der Waals surface area contributed by atoms with Crippen molar-refractivity contribution in [2.75, 3.05) is 6.61 Å². The van der Waals surface area contributed by atoms with E-state index in [0.29, 0.717) is 6.54 Å². The molecule has 0 aliphatic carbocycles. The predicted molar refractivity (Wildman–Crippen MR) is 57.4 cm³/mol. The normalized spacial score (nSPS) is 12.6. The number of aromatic nitrogens is 4. The summed E-state index contributed by atoms with van der Waals surface area (Å²) in [5, 5.41) is 16.8. The second-order valence-corrected chi connectivity index (χ2v) is 3.45. The van der Waals surface area contributed by atoms with E-state index >= 15 is 0 Å². The topological polar surface area (TPSA) is 89.8 Å². The van der Waals surface area contributed by atoms with Crippen LogP contribution in [0.1, 0.15) is 17.4 Å². The Bertz CT molecular complexity index is 441. The van der Waals surface area contributed by atoms with Crippen LogP contribution in [0.4, 0.5) is 0 Å². The molecule has 2 aromatic rings. The summed E-state index contributed by atoms with van der Waals surface area (Å²) < 4.78 is 1.85. The van der Waals surface area contributed by atoms with Gasteiger partial charge in [-0.1, -0.05) is 0 Å². The van der Waals surface area contributed by atoms with E-state index in [0.717, 1.165) is 11.4 Å². The molecule has 84 valence electrons. The van der Waals surface area contributed by atoms with Crippen LogP contribution in [0.3, 0.4) is 0 Å². The maximum Gasteiger partial charge on any atom is 0.0952 e. The van der Waals surface area contributed by atoms with Gasteiger partial charge in [-0.05, 0) is 12.1 Å². The lowest BCUT2D eigenvalue weighted by Gasteiger charge is -2.11. The summed E-state index contributed by atoms with van der Waals surface area (Å²) in [6.07, 6.45) is 4.94. The van der Waals surface area contributed by atoms with Gasteiger partial charge in [0.05, 0.1) is 36.9 Å². The number of rotatable bonds is 4. The minimum absolute atomic E-state index is 0.105. The number of aliphatic hydroxyl groups excluding tert-OH is 1. The smallest absolute Gasteiger partial charge is 0.0952 e. The van der Waals surface area contributed by atoms with E-state index in [1.807, 2.05) is 16.7 Å². The molecule has 0 spiro atoms. The van der Waals surface area contributed by atoms with Crippen molar-refractivity contribution < 1.29 is 5.11 Å². The average molecular weight is 219 g/mol. The molecule has 2 heterocycles. The zero-order valence-corrected chi connectivity index (χ0v) is 8.69. The molecule has 0 aliphatic rings. The molecule has 0 fully saturated rings. The lowest BCUT2D eigenvalue weighted by molar-refractivity contribution is 0.263. The van der Waals surface area contributed by atoms with Crippen LogP contribution in [-0.2, 0) is 6.54 Å². The van der Waals surface area contributed by atoms with Gasteiger partial charge in [-0.15, -0.1) is 0 Å². The minimum Gasteiger partial charge on any atom is -0.394 e. The maximum atomic E-state index is 9.00. The maximum absolute atomic E-state index is 9.00. The average Bonchev–Trinajstić information content (AvgIpc) is 2.77. The third-order valence-electron chi connectivity index (χ3n) is 2.28. The van der Waals surface area contributed by atoms with Gasteiger partial charge in [0.1, 0.15) is 0 Å². The Labute approximate surface area is 92.8 Å². The van der Waals surface area contributed by atoms with Crippen molar-refractivity contribution >= 4 is 0 Å². The minimum atomic E-state index is -0.417. The van der Waals surface area contributed by atoms with E-state index in [1.165, 1.54) is 0 Å². The first-order valence-electron chi connectivity index (χ1n) is 4.94. The van der Waals surface area contributed by atoms with Gasteiger partial charge in [0.2, 0.25) is 0 Å². The Kier molecular flexibility index (Phi) is 3.23. The molecule has 2 rings (SSSR count). The first-order chi connectivity index (χ1) is 7.81. The van der Waals surface area contributed by atoms with Gasteiger partial charge in [-0.3, -0.25) is 0 Å². The molecule has 0 aliphatic heterocycles. The van der Waals surface area contributed by atoms with Crippen LogP contribution in [0.15, 0.2) is 30.9 Å². The summed E-state index contributed by atoms with van der Waals surface area (Å²) >= 11 is 0. The van der Waals surface area contributed by atoms with Crippen molar-refractivity contribution in [3.05, 3.63) is 42.2 Å². The van der Waals surface area contributed by atoms with Crippen LogP contribution < -0.4 is 5.73 Å². The van der Waals surface area contributed by atoms with Gasteiger partial charge in [0.25, 0.3) is 0 Å². The van der Waals surface area contributed by atoms with E-state index in [1.54, 1.807) is 18.7 Å². The molecule has 1 atom stereocenters. The lowest BCUT2D eigenvalue weighted by atomic mass is 10.2. The summed E-state index contributed by atoms with van der Waals surface area (Å²) in [6.45, 7) is 0.447. The number of nitrogens with zero attached hydrogens (tertiary/aromatic N) is 4. The molecular formula is C10H13N5O. The second kappa shape index (κ2) is 4.82. The number of nitrogens with two attached hydrogens (primary N) is 1. The van der Waals surface area contributed by atoms with Crippen LogP contribution in [0, 0.1) is 0 Å². The highest BCUT2D eigenvalue weighted by Crippen LogP contribution is 2.10. The zero-order chi connectivity index (χ0) is 11.4. The first-order valence-corrected chi connectivity index (χ1v) is 4.94. The third-order valence-corrected chi connectivity index (χ3v) is 2.28. The Balaban J connectivity index is 2.19. The first kappa shape index (κ1) is 10.7. The van der Waals surface area contributed by atoms with Gasteiger partial charge in [-0.25, -0.2) is 4.98 Å². The predicted octanol–water partition coefficient (Wildman–Crippen LogP) is -0.287. The van der Waals surface area contributed by atoms with Gasteiger partial charge in [0, 0.05) is 12.4 Å². The second-order valence-electron chi connectivity index (χ2n) is 3.45. The molecule has 6 nitrogen and oxygen atoms in total. The standard InChI is InChI=1S/C10H13N5O/c11-9(6-16)10-4-12-7-15(10)5-8-2-1-3-13-14-8/h1-4,7,9,16H,5-6,11H2. The molecule has 0 amide bonds. The molecule has 2 aromatic heterocycles. The van der Waals surface area contributed by atoms with Gasteiger partial charge in [0.15, 0.2) is 0 Å². The highest BCUT2D eigenvalue weighted by Gasteiger charge is 2.10. The van der Waals surface area contributed by atoms with E-state index in [4.69, 9.17) is 10.8 Å². The highest BCUT2D eigenvalue weighted by atomic mass is 16.3. The van der Waals surface area contributed by atoms with Crippen LogP contribution in [0.2, 0.25) is 0 Å². The van der Waals surface area contributed by atoms with Gasteiger partial charge in [-0.2, -0.15) is 10.2 Å². The summed E-state index contributed by atoms with van der Waals surface area (Å²) in [5.74, 6) is 0. The summed E-state index contributed by atoms with van der Waals surface area (Å²) in [6, 6.07) is 3.28. The fourth-order valence-corrected chi connectivity index (χ4v) is 1.46. The van der Waals surface area contributed by atoms with Crippen molar-refractivity contribution in [1.82, 2.24) is 19.7 Å². The molecule has 16 heavy (non-hydrogen) atoms. The van der Waals surface area contributed by atoms with Crippen molar-refractivity contribution in [1.29, 1.82) is 0 Å². The van der Waals surface area contributed by atoms with Crippen molar-refractivity contribution in [2.24, 2.45) is 5.73 Å². The molecule has 1 unspecified atom stereocenters. The number of hydrogen-bond donors (Lipinski definition) is 2. The SMILES string of the molecule is NC(CO)c1cncn1Cc1cccnn1.